The van der Waals surface area contributed by atoms with E-state index in [2.05, 4.69) is 5.32 Å². The third-order valence-corrected chi connectivity index (χ3v) is 7.59. The smallest absolute Gasteiger partial charge is 0.264 e. The normalized spacial score (nSPS) is 12.2. The number of nitrogens with zero attached hydrogens (tertiary/aromatic N) is 2. The van der Waals surface area contributed by atoms with Gasteiger partial charge in [-0.2, -0.15) is 0 Å². The molecule has 196 valence electrons. The van der Waals surface area contributed by atoms with E-state index in [0.29, 0.717) is 10.6 Å². The van der Waals surface area contributed by atoms with E-state index in [9.17, 15) is 22.4 Å². The number of rotatable bonds is 10. The number of benzene rings is 3. The Morgan fingerprint density at radius 3 is 2.19 bits per heavy atom. The maximum atomic E-state index is 13.7. The van der Waals surface area contributed by atoms with Gasteiger partial charge in [0.25, 0.3) is 10.0 Å². The zero-order chi connectivity index (χ0) is 27.2. The number of carbonyl (C=O) groups excluding carboxylic acids is 2. The van der Waals surface area contributed by atoms with Crippen LogP contribution in [0.1, 0.15) is 26.3 Å². The summed E-state index contributed by atoms with van der Waals surface area (Å²) >= 11 is 6.12. The predicted octanol–water partition coefficient (Wildman–Crippen LogP) is 4.62. The van der Waals surface area contributed by atoms with E-state index < -0.39 is 34.3 Å². The molecule has 1 N–H and O–H groups in total. The Labute approximate surface area is 221 Å². The standard InChI is InChI=1S/C27H29ClFN3O4S/c1-19(2)30-27(34)20(3)31(17-21-8-7-9-22(28)16-21)26(33)18-32(24-14-12-23(29)13-15-24)37(35,36)25-10-5-4-6-11-25/h4-16,19-20H,17-18H2,1-3H3,(H,30,34)/t20-/m0/s1. The molecule has 0 heterocycles. The van der Waals surface area contributed by atoms with Crippen molar-refractivity contribution in [3.05, 3.63) is 95.3 Å². The fourth-order valence-corrected chi connectivity index (χ4v) is 5.32. The van der Waals surface area contributed by atoms with Crippen molar-refractivity contribution in [3.8, 4) is 0 Å². The van der Waals surface area contributed by atoms with Crippen LogP contribution in [0.3, 0.4) is 0 Å². The Kier molecular flexibility index (Phi) is 9.29. The Hall–Kier alpha value is -3.43. The number of nitrogens with one attached hydrogen (secondary N) is 1. The number of sulfonamides is 1. The number of hydrogen-bond donors (Lipinski definition) is 1. The van der Waals surface area contributed by atoms with E-state index in [1.807, 2.05) is 0 Å². The summed E-state index contributed by atoms with van der Waals surface area (Å²) in [6, 6.07) is 18.2. The van der Waals surface area contributed by atoms with E-state index in [-0.39, 0.29) is 29.1 Å². The summed E-state index contributed by atoms with van der Waals surface area (Å²) in [7, 11) is -4.20. The highest BCUT2D eigenvalue weighted by Gasteiger charge is 2.32. The molecule has 1 atom stereocenters. The highest BCUT2D eigenvalue weighted by Crippen LogP contribution is 2.25. The molecule has 7 nitrogen and oxygen atoms in total. The van der Waals surface area contributed by atoms with Gasteiger partial charge in [0.05, 0.1) is 10.6 Å². The lowest BCUT2D eigenvalue weighted by Crippen LogP contribution is -2.52. The van der Waals surface area contributed by atoms with Crippen molar-refractivity contribution in [3.63, 3.8) is 0 Å². The number of amides is 2. The molecule has 3 aromatic rings. The monoisotopic (exact) mass is 545 g/mol. The lowest BCUT2D eigenvalue weighted by atomic mass is 10.1. The largest absolute Gasteiger partial charge is 0.352 e. The lowest BCUT2D eigenvalue weighted by molar-refractivity contribution is -0.139. The second-order valence-corrected chi connectivity index (χ2v) is 11.1. The second kappa shape index (κ2) is 12.2. The van der Waals surface area contributed by atoms with Crippen LogP contribution in [0.25, 0.3) is 0 Å². The van der Waals surface area contributed by atoms with Gasteiger partial charge in [0.2, 0.25) is 11.8 Å². The van der Waals surface area contributed by atoms with Crippen LogP contribution in [0, 0.1) is 5.82 Å². The molecule has 0 saturated heterocycles. The van der Waals surface area contributed by atoms with Crippen LogP contribution in [-0.2, 0) is 26.2 Å². The maximum Gasteiger partial charge on any atom is 0.264 e. The predicted molar refractivity (Wildman–Crippen MR) is 142 cm³/mol. The Bertz CT molecular complexity index is 1340. The Balaban J connectivity index is 2.01. The number of halogens is 2. The third kappa shape index (κ3) is 7.30. The molecule has 10 heteroatoms. The first-order chi connectivity index (χ1) is 17.5. The molecular weight excluding hydrogens is 517 g/mol. The van der Waals surface area contributed by atoms with Gasteiger partial charge in [-0.15, -0.1) is 0 Å². The molecule has 0 spiro atoms. The maximum absolute atomic E-state index is 13.7. The number of carbonyl (C=O) groups is 2. The summed E-state index contributed by atoms with van der Waals surface area (Å²) in [5.41, 5.74) is 0.782. The molecule has 0 aliphatic rings. The highest BCUT2D eigenvalue weighted by molar-refractivity contribution is 7.92. The van der Waals surface area contributed by atoms with Gasteiger partial charge >= 0.3 is 0 Å². The Morgan fingerprint density at radius 1 is 0.946 bits per heavy atom. The van der Waals surface area contributed by atoms with Crippen LogP contribution in [-0.4, -0.2) is 43.8 Å². The van der Waals surface area contributed by atoms with Crippen molar-refractivity contribution in [2.24, 2.45) is 0 Å². The molecule has 0 aliphatic carbocycles. The molecule has 0 bridgehead atoms. The minimum atomic E-state index is -4.20. The average molecular weight is 546 g/mol. The van der Waals surface area contributed by atoms with Gasteiger partial charge in [-0.1, -0.05) is 41.9 Å². The second-order valence-electron chi connectivity index (χ2n) is 8.79. The van der Waals surface area contributed by atoms with Gasteiger partial charge in [0.15, 0.2) is 0 Å². The molecule has 3 rings (SSSR count). The fourth-order valence-electron chi connectivity index (χ4n) is 3.68. The molecule has 0 saturated carbocycles. The lowest BCUT2D eigenvalue weighted by Gasteiger charge is -2.32. The van der Waals surface area contributed by atoms with Crippen molar-refractivity contribution in [2.75, 3.05) is 10.8 Å². The van der Waals surface area contributed by atoms with Crippen molar-refractivity contribution < 1.29 is 22.4 Å². The fraction of sp³-hybridized carbons (Fsp3) is 0.259. The molecule has 0 fully saturated rings. The summed E-state index contributed by atoms with van der Waals surface area (Å²) in [5.74, 6) is -1.55. The number of anilines is 1. The molecule has 0 radical (unpaired) electrons. The van der Waals surface area contributed by atoms with Crippen molar-refractivity contribution in [1.82, 2.24) is 10.2 Å². The van der Waals surface area contributed by atoms with Crippen LogP contribution in [0.15, 0.2) is 83.8 Å². The van der Waals surface area contributed by atoms with Gasteiger partial charge < -0.3 is 10.2 Å². The third-order valence-electron chi connectivity index (χ3n) is 5.56. The first-order valence-electron chi connectivity index (χ1n) is 11.7. The van der Waals surface area contributed by atoms with Gasteiger partial charge in [-0.25, -0.2) is 12.8 Å². The topological polar surface area (TPSA) is 86.8 Å². The summed E-state index contributed by atoms with van der Waals surface area (Å²) in [6.07, 6.45) is 0. The SMILES string of the molecule is CC(C)NC(=O)[C@H](C)N(Cc1cccc(Cl)c1)C(=O)CN(c1ccc(F)cc1)S(=O)(=O)c1ccccc1. The minimum absolute atomic E-state index is 0.0225. The summed E-state index contributed by atoms with van der Waals surface area (Å²) in [4.78, 5) is 27.9. The molecule has 37 heavy (non-hydrogen) atoms. The van der Waals surface area contributed by atoms with Gasteiger partial charge in [-0.05, 0) is 74.9 Å². The first kappa shape index (κ1) is 28.1. The highest BCUT2D eigenvalue weighted by atomic mass is 35.5. The van der Waals surface area contributed by atoms with E-state index in [1.54, 1.807) is 63.2 Å². The van der Waals surface area contributed by atoms with Crippen LogP contribution in [0.2, 0.25) is 5.02 Å². The molecule has 0 unspecified atom stereocenters. The molecule has 0 aliphatic heterocycles. The van der Waals surface area contributed by atoms with Gasteiger partial charge in [-0.3, -0.25) is 13.9 Å². The van der Waals surface area contributed by atoms with Crippen LogP contribution >= 0.6 is 11.6 Å². The van der Waals surface area contributed by atoms with Crippen molar-refractivity contribution in [2.45, 2.75) is 44.3 Å². The van der Waals surface area contributed by atoms with Crippen LogP contribution in [0.4, 0.5) is 10.1 Å². The van der Waals surface area contributed by atoms with Crippen molar-refractivity contribution >= 4 is 39.1 Å². The molecule has 3 aromatic carbocycles. The number of hydrogen-bond acceptors (Lipinski definition) is 4. The zero-order valence-electron chi connectivity index (χ0n) is 20.8. The van der Waals surface area contributed by atoms with Gasteiger partial charge in [0, 0.05) is 17.6 Å². The first-order valence-corrected chi connectivity index (χ1v) is 13.5. The van der Waals surface area contributed by atoms with Crippen molar-refractivity contribution in [1.29, 1.82) is 0 Å². The van der Waals surface area contributed by atoms with E-state index in [0.717, 1.165) is 16.4 Å². The summed E-state index contributed by atoms with van der Waals surface area (Å²) in [5, 5.41) is 3.25. The quantitative estimate of drug-likeness (QED) is 0.403. The molecule has 2 amide bonds. The van der Waals surface area contributed by atoms with E-state index in [1.165, 1.54) is 29.2 Å². The van der Waals surface area contributed by atoms with Crippen LogP contribution < -0.4 is 9.62 Å². The molecular formula is C27H29ClFN3O4S. The Morgan fingerprint density at radius 2 is 1.59 bits per heavy atom. The average Bonchev–Trinajstić information content (AvgIpc) is 2.86. The minimum Gasteiger partial charge on any atom is -0.352 e. The van der Waals surface area contributed by atoms with Crippen LogP contribution in [0.5, 0.6) is 0 Å². The van der Waals surface area contributed by atoms with E-state index >= 15 is 0 Å². The van der Waals surface area contributed by atoms with Gasteiger partial charge in [0.1, 0.15) is 18.4 Å². The zero-order valence-corrected chi connectivity index (χ0v) is 22.3. The summed E-state index contributed by atoms with van der Waals surface area (Å²) in [6.45, 7) is 4.60. The van der Waals surface area contributed by atoms with E-state index in [4.69, 9.17) is 11.6 Å². The molecule has 0 aromatic heterocycles. The summed E-state index contributed by atoms with van der Waals surface area (Å²) < 4.78 is 41.7.